The van der Waals surface area contributed by atoms with Crippen LogP contribution in [0.5, 0.6) is 5.75 Å². The van der Waals surface area contributed by atoms with Crippen LogP contribution in [0, 0.1) is 6.92 Å². The van der Waals surface area contributed by atoms with Crippen molar-refractivity contribution in [2.75, 3.05) is 0 Å². The summed E-state index contributed by atoms with van der Waals surface area (Å²) >= 11 is 0. The number of aromatic hydroxyl groups is 1. The number of fused-ring (bicyclic) bond motifs is 1. The van der Waals surface area contributed by atoms with E-state index in [0.29, 0.717) is 11.3 Å². The van der Waals surface area contributed by atoms with E-state index >= 15 is 0 Å². The van der Waals surface area contributed by atoms with Crippen molar-refractivity contribution in [1.82, 2.24) is 0 Å². The smallest absolute Gasteiger partial charge is 0.335 e. The molecule has 0 radical (unpaired) electrons. The van der Waals surface area contributed by atoms with Crippen LogP contribution in [0.15, 0.2) is 36.9 Å². The largest absolute Gasteiger partial charge is 0.507 e. The van der Waals surface area contributed by atoms with Crippen LogP contribution in [0.2, 0.25) is 0 Å². The van der Waals surface area contributed by atoms with Crippen molar-refractivity contribution < 1.29 is 15.0 Å². The molecule has 0 aromatic heterocycles. The van der Waals surface area contributed by atoms with E-state index in [1.54, 1.807) is 6.07 Å². The lowest BCUT2D eigenvalue weighted by molar-refractivity contribution is -0.130. The highest BCUT2D eigenvalue weighted by molar-refractivity contribution is 6.14. The summed E-state index contributed by atoms with van der Waals surface area (Å²) in [7, 11) is 0. The topological polar surface area (TPSA) is 57.5 Å². The van der Waals surface area contributed by atoms with Crippen LogP contribution in [0.1, 0.15) is 62.8 Å². The number of hydrogen-bond donors (Lipinski definition) is 2. The first kappa shape index (κ1) is 19.2. The zero-order valence-corrected chi connectivity index (χ0v) is 16.8. The Morgan fingerprint density at radius 1 is 1.04 bits per heavy atom. The quantitative estimate of drug-likeness (QED) is 0.675. The molecule has 2 aromatic carbocycles. The summed E-state index contributed by atoms with van der Waals surface area (Å²) < 4.78 is 0. The van der Waals surface area contributed by atoms with Gasteiger partial charge in [-0.2, -0.15) is 0 Å². The average molecular weight is 364 g/mol. The fourth-order valence-corrected chi connectivity index (χ4v) is 4.27. The molecule has 0 saturated heterocycles. The number of carboxylic acids is 1. The second-order valence-electron chi connectivity index (χ2n) is 8.97. The third-order valence-electron chi connectivity index (χ3n) is 6.00. The third-order valence-corrected chi connectivity index (χ3v) is 6.00. The van der Waals surface area contributed by atoms with Gasteiger partial charge in [-0.15, -0.1) is 0 Å². The molecule has 0 unspecified atom stereocenters. The molecule has 0 bridgehead atoms. The summed E-state index contributed by atoms with van der Waals surface area (Å²) in [4.78, 5) is 11.3. The van der Waals surface area contributed by atoms with Crippen LogP contribution in [0.3, 0.4) is 0 Å². The number of aliphatic carboxylic acids is 1. The molecule has 27 heavy (non-hydrogen) atoms. The lowest BCUT2D eigenvalue weighted by atomic mass is 9.61. The minimum atomic E-state index is -1.02. The molecule has 3 rings (SSSR count). The first-order chi connectivity index (χ1) is 12.5. The minimum absolute atomic E-state index is 0.0782. The molecule has 0 aliphatic heterocycles. The zero-order chi connectivity index (χ0) is 20.1. The molecule has 0 heterocycles. The van der Waals surface area contributed by atoms with Crippen LogP contribution in [0.25, 0.3) is 16.7 Å². The maximum Gasteiger partial charge on any atom is 0.335 e. The highest BCUT2D eigenvalue weighted by Crippen LogP contribution is 2.53. The van der Waals surface area contributed by atoms with Gasteiger partial charge in [0.25, 0.3) is 0 Å². The molecule has 1 aliphatic carbocycles. The van der Waals surface area contributed by atoms with Crippen molar-refractivity contribution in [3.05, 3.63) is 59.2 Å². The van der Waals surface area contributed by atoms with Gasteiger partial charge in [0.15, 0.2) is 0 Å². The Labute approximate surface area is 161 Å². The lowest BCUT2D eigenvalue weighted by Crippen LogP contribution is -2.34. The van der Waals surface area contributed by atoms with Gasteiger partial charge < -0.3 is 10.2 Å². The van der Waals surface area contributed by atoms with Crippen molar-refractivity contribution in [1.29, 1.82) is 0 Å². The van der Waals surface area contributed by atoms with Crippen molar-refractivity contribution in [2.45, 2.75) is 58.3 Å². The molecule has 0 atom stereocenters. The van der Waals surface area contributed by atoms with E-state index < -0.39 is 5.97 Å². The molecule has 0 saturated carbocycles. The van der Waals surface area contributed by atoms with E-state index in [1.807, 2.05) is 31.2 Å². The van der Waals surface area contributed by atoms with Crippen LogP contribution in [-0.4, -0.2) is 16.2 Å². The lowest BCUT2D eigenvalue weighted by Gasteiger charge is -2.43. The Hall–Kier alpha value is -2.55. The van der Waals surface area contributed by atoms with Crippen molar-refractivity contribution in [3.8, 4) is 16.9 Å². The molecule has 3 nitrogen and oxygen atoms in total. The van der Waals surface area contributed by atoms with Gasteiger partial charge in [0.1, 0.15) is 5.75 Å². The van der Waals surface area contributed by atoms with E-state index in [-0.39, 0.29) is 16.4 Å². The Morgan fingerprint density at radius 2 is 1.63 bits per heavy atom. The Morgan fingerprint density at radius 3 is 2.22 bits per heavy atom. The molecule has 142 valence electrons. The molecular formula is C24H28O3. The number of phenols is 1. The standard InChI is InChI=1S/C24H28O3/c1-14-12-18(17-9-7-8-16(13-17)15(2)22(26)27)19-20(21(14)25)24(5,6)11-10-23(19,3)4/h7-9,12-13,25H,2,10-11H2,1,3-6H3,(H,26,27). The van der Waals surface area contributed by atoms with Crippen molar-refractivity contribution >= 4 is 11.5 Å². The Balaban J connectivity index is 2.33. The molecule has 0 amide bonds. The average Bonchev–Trinajstić information content (AvgIpc) is 2.60. The molecule has 0 spiro atoms. The van der Waals surface area contributed by atoms with E-state index in [4.69, 9.17) is 0 Å². The molecule has 0 fully saturated rings. The summed E-state index contributed by atoms with van der Waals surface area (Å²) in [5.41, 5.74) is 5.56. The fraction of sp³-hybridized carbons (Fsp3) is 0.375. The molecule has 2 N–H and O–H groups in total. The van der Waals surface area contributed by atoms with E-state index in [2.05, 4.69) is 34.3 Å². The predicted octanol–water partition coefficient (Wildman–Crippen LogP) is 5.81. The Bertz CT molecular complexity index is 948. The van der Waals surface area contributed by atoms with Gasteiger partial charge in [-0.25, -0.2) is 4.79 Å². The Kier molecular flexibility index (Phi) is 4.46. The van der Waals surface area contributed by atoms with Gasteiger partial charge in [-0.1, -0.05) is 52.5 Å². The fourth-order valence-electron chi connectivity index (χ4n) is 4.27. The number of hydrogen-bond acceptors (Lipinski definition) is 2. The van der Waals surface area contributed by atoms with E-state index in [9.17, 15) is 15.0 Å². The SMILES string of the molecule is C=C(C(=O)O)c1cccc(-c2cc(C)c(O)c3c2C(C)(C)CCC3(C)C)c1. The number of carboxylic acid groups (broad SMARTS) is 1. The van der Waals surface area contributed by atoms with Gasteiger partial charge in [0.2, 0.25) is 0 Å². The van der Waals surface area contributed by atoms with Crippen LogP contribution >= 0.6 is 0 Å². The summed E-state index contributed by atoms with van der Waals surface area (Å²) in [6, 6.07) is 9.56. The number of rotatable bonds is 3. The number of aryl methyl sites for hydroxylation is 1. The van der Waals surface area contributed by atoms with Gasteiger partial charge in [0, 0.05) is 5.56 Å². The zero-order valence-electron chi connectivity index (χ0n) is 16.8. The van der Waals surface area contributed by atoms with E-state index in [1.165, 1.54) is 5.56 Å². The number of benzene rings is 2. The summed E-state index contributed by atoms with van der Waals surface area (Å²) in [6.07, 6.45) is 2.04. The summed E-state index contributed by atoms with van der Waals surface area (Å²) in [5, 5.41) is 20.2. The highest BCUT2D eigenvalue weighted by Gasteiger charge is 2.41. The van der Waals surface area contributed by atoms with Gasteiger partial charge in [0.05, 0.1) is 5.57 Å². The minimum Gasteiger partial charge on any atom is -0.507 e. The normalized spacial score (nSPS) is 17.2. The van der Waals surface area contributed by atoms with Gasteiger partial charge in [-0.3, -0.25) is 0 Å². The number of phenolic OH excluding ortho intramolecular Hbond substituents is 1. The van der Waals surface area contributed by atoms with Crippen molar-refractivity contribution in [2.24, 2.45) is 0 Å². The predicted molar refractivity (Wildman–Crippen MR) is 110 cm³/mol. The van der Waals surface area contributed by atoms with Crippen molar-refractivity contribution in [3.63, 3.8) is 0 Å². The third kappa shape index (κ3) is 3.16. The van der Waals surface area contributed by atoms with Crippen LogP contribution < -0.4 is 0 Å². The maximum atomic E-state index is 11.3. The number of carbonyl (C=O) groups is 1. The first-order valence-electron chi connectivity index (χ1n) is 9.36. The van der Waals surface area contributed by atoms with E-state index in [0.717, 1.165) is 35.1 Å². The first-order valence-corrected chi connectivity index (χ1v) is 9.36. The van der Waals surface area contributed by atoms with Gasteiger partial charge in [-0.05, 0) is 70.5 Å². The molecule has 2 aromatic rings. The summed E-state index contributed by atoms with van der Waals surface area (Å²) in [5.74, 6) is -0.629. The second-order valence-corrected chi connectivity index (χ2v) is 8.97. The second kappa shape index (κ2) is 6.26. The summed E-state index contributed by atoms with van der Waals surface area (Å²) in [6.45, 7) is 14.4. The van der Waals surface area contributed by atoms with Gasteiger partial charge >= 0.3 is 5.97 Å². The maximum absolute atomic E-state index is 11.3. The monoisotopic (exact) mass is 364 g/mol. The molecule has 3 heteroatoms. The van der Waals surface area contributed by atoms with Crippen LogP contribution in [0.4, 0.5) is 0 Å². The van der Waals surface area contributed by atoms with Crippen LogP contribution in [-0.2, 0) is 15.6 Å². The molecular weight excluding hydrogens is 336 g/mol. The highest BCUT2D eigenvalue weighted by atomic mass is 16.4. The molecule has 1 aliphatic rings.